The highest BCUT2D eigenvalue weighted by molar-refractivity contribution is 5.77. The molecule has 20 heavy (non-hydrogen) atoms. The summed E-state index contributed by atoms with van der Waals surface area (Å²) >= 11 is 0. The van der Waals surface area contributed by atoms with E-state index in [2.05, 4.69) is 5.10 Å². The predicted octanol–water partition coefficient (Wildman–Crippen LogP) is -0.710. The van der Waals surface area contributed by atoms with Crippen LogP contribution in [-0.2, 0) is 9.59 Å². The number of nitrogens with zero attached hydrogens (tertiary/aromatic N) is 2. The van der Waals surface area contributed by atoms with Crippen LogP contribution in [0.2, 0.25) is 0 Å². The lowest BCUT2D eigenvalue weighted by atomic mass is 10.1. The van der Waals surface area contributed by atoms with Crippen LogP contribution in [0.3, 0.4) is 0 Å². The molecule has 1 atom stereocenters. The molecule has 1 aromatic carbocycles. The van der Waals surface area contributed by atoms with Gasteiger partial charge in [0.25, 0.3) is 0 Å². The number of rotatable bonds is 5. The molecule has 0 saturated heterocycles. The Hall–Kier alpha value is -2.63. The van der Waals surface area contributed by atoms with Crippen LogP contribution in [0.4, 0.5) is 0 Å². The van der Waals surface area contributed by atoms with Gasteiger partial charge in [-0.1, -0.05) is 30.3 Å². The number of carbonyl (C=O) groups excluding carboxylic acids is 2. The summed E-state index contributed by atoms with van der Waals surface area (Å²) in [4.78, 5) is 21.7. The standard InChI is InChI=1S/C14H14N2O4/c1-9-7-11(10-5-3-2-4-6-10)15-16(9)12(14(19)20)8-13(17)18/h2-7,12H,8H2,1H3,(H,17,18)(H,19,20)/p-2. The Morgan fingerprint density at radius 1 is 1.25 bits per heavy atom. The van der Waals surface area contributed by atoms with E-state index in [9.17, 15) is 19.8 Å². The molecule has 1 aromatic heterocycles. The molecule has 0 bridgehead atoms. The summed E-state index contributed by atoms with van der Waals surface area (Å²) in [6, 6.07) is 9.51. The van der Waals surface area contributed by atoms with Gasteiger partial charge in [0.2, 0.25) is 0 Å². The van der Waals surface area contributed by atoms with Crippen LogP contribution in [0.25, 0.3) is 11.3 Å². The van der Waals surface area contributed by atoms with E-state index in [1.54, 1.807) is 13.0 Å². The van der Waals surface area contributed by atoms with Crippen LogP contribution >= 0.6 is 0 Å². The van der Waals surface area contributed by atoms with Gasteiger partial charge in [0.1, 0.15) is 0 Å². The summed E-state index contributed by atoms with van der Waals surface area (Å²) in [5, 5.41) is 25.9. The minimum atomic E-state index is -1.50. The molecule has 0 fully saturated rings. The predicted molar refractivity (Wildman–Crippen MR) is 66.1 cm³/mol. The van der Waals surface area contributed by atoms with Crippen LogP contribution in [0.15, 0.2) is 36.4 Å². The van der Waals surface area contributed by atoms with Crippen LogP contribution < -0.4 is 10.2 Å². The quantitative estimate of drug-likeness (QED) is 0.716. The van der Waals surface area contributed by atoms with E-state index in [1.165, 1.54) is 0 Å². The molecule has 1 heterocycles. The molecule has 0 aliphatic heterocycles. The van der Waals surface area contributed by atoms with E-state index in [0.717, 1.165) is 10.2 Å². The molecule has 0 aliphatic rings. The number of aromatic nitrogens is 2. The Bertz CT molecular complexity index is 634. The highest BCUT2D eigenvalue weighted by Gasteiger charge is 2.17. The lowest BCUT2D eigenvalue weighted by Crippen LogP contribution is -2.38. The van der Waals surface area contributed by atoms with Gasteiger partial charge in [0, 0.05) is 23.6 Å². The van der Waals surface area contributed by atoms with Crippen molar-refractivity contribution in [1.82, 2.24) is 9.78 Å². The van der Waals surface area contributed by atoms with Gasteiger partial charge in [-0.15, -0.1) is 0 Å². The first-order valence-electron chi connectivity index (χ1n) is 6.01. The summed E-state index contributed by atoms with van der Waals surface area (Å²) < 4.78 is 1.15. The highest BCUT2D eigenvalue weighted by Crippen LogP contribution is 2.21. The Balaban J connectivity index is 2.40. The van der Waals surface area contributed by atoms with Crippen molar-refractivity contribution in [3.8, 4) is 11.3 Å². The van der Waals surface area contributed by atoms with Gasteiger partial charge in [-0.25, -0.2) is 0 Å². The smallest absolute Gasteiger partial charge is 0.0967 e. The third-order valence-electron chi connectivity index (χ3n) is 2.92. The number of aryl methyl sites for hydroxylation is 1. The summed E-state index contributed by atoms with van der Waals surface area (Å²) in [6.07, 6.45) is -0.681. The van der Waals surface area contributed by atoms with E-state index in [1.807, 2.05) is 30.3 Å². The molecule has 1 unspecified atom stereocenters. The van der Waals surface area contributed by atoms with Crippen LogP contribution in [0, 0.1) is 6.92 Å². The van der Waals surface area contributed by atoms with Crippen LogP contribution in [-0.4, -0.2) is 21.7 Å². The Morgan fingerprint density at radius 3 is 2.45 bits per heavy atom. The van der Waals surface area contributed by atoms with Gasteiger partial charge in [-0.2, -0.15) is 5.10 Å². The highest BCUT2D eigenvalue weighted by atomic mass is 16.4. The minimum absolute atomic E-state index is 0.541. The van der Waals surface area contributed by atoms with Gasteiger partial charge in [0.15, 0.2) is 0 Å². The van der Waals surface area contributed by atoms with E-state index in [4.69, 9.17) is 0 Å². The molecule has 6 heteroatoms. The molecule has 0 aliphatic carbocycles. The number of carbonyl (C=O) groups is 2. The molecule has 2 rings (SSSR count). The van der Waals surface area contributed by atoms with Crippen LogP contribution in [0.1, 0.15) is 18.2 Å². The average Bonchev–Trinajstić information content (AvgIpc) is 2.78. The van der Waals surface area contributed by atoms with Gasteiger partial charge in [0.05, 0.1) is 17.7 Å². The summed E-state index contributed by atoms with van der Waals surface area (Å²) in [5.41, 5.74) is 1.94. The normalized spacial score (nSPS) is 12.1. The van der Waals surface area contributed by atoms with Crippen molar-refractivity contribution >= 4 is 11.9 Å². The lowest BCUT2D eigenvalue weighted by Gasteiger charge is -2.20. The number of carboxylic acids is 2. The largest absolute Gasteiger partial charge is 0.550 e. The maximum absolute atomic E-state index is 11.1. The molecule has 0 N–H and O–H groups in total. The molecular formula is C14H12N2O4-2. The molecule has 2 aromatic rings. The van der Waals surface area contributed by atoms with E-state index < -0.39 is 24.4 Å². The van der Waals surface area contributed by atoms with E-state index in [-0.39, 0.29) is 0 Å². The maximum atomic E-state index is 11.1. The third-order valence-corrected chi connectivity index (χ3v) is 2.92. The van der Waals surface area contributed by atoms with Crippen molar-refractivity contribution in [2.75, 3.05) is 0 Å². The first kappa shape index (κ1) is 13.8. The zero-order valence-electron chi connectivity index (χ0n) is 10.8. The second-order valence-electron chi connectivity index (χ2n) is 4.39. The number of hydrogen-bond donors (Lipinski definition) is 0. The molecule has 0 spiro atoms. The Kier molecular flexibility index (Phi) is 3.84. The van der Waals surface area contributed by atoms with E-state index in [0.29, 0.717) is 11.4 Å². The fraction of sp³-hybridized carbons (Fsp3) is 0.214. The molecular weight excluding hydrogens is 260 g/mol. The van der Waals surface area contributed by atoms with Gasteiger partial charge < -0.3 is 19.8 Å². The summed E-state index contributed by atoms with van der Waals surface area (Å²) in [6.45, 7) is 1.66. The van der Waals surface area contributed by atoms with Crippen molar-refractivity contribution in [2.24, 2.45) is 0 Å². The fourth-order valence-electron chi connectivity index (χ4n) is 1.98. The van der Waals surface area contributed by atoms with Gasteiger partial charge >= 0.3 is 0 Å². The Labute approximate surface area is 115 Å². The summed E-state index contributed by atoms with van der Waals surface area (Å²) in [7, 11) is 0. The van der Waals surface area contributed by atoms with Crippen molar-refractivity contribution in [2.45, 2.75) is 19.4 Å². The number of benzene rings is 1. The molecule has 0 radical (unpaired) electrons. The van der Waals surface area contributed by atoms with E-state index >= 15 is 0 Å². The summed E-state index contributed by atoms with van der Waals surface area (Å²) in [5.74, 6) is -2.96. The van der Waals surface area contributed by atoms with Crippen molar-refractivity contribution < 1.29 is 19.8 Å². The van der Waals surface area contributed by atoms with Crippen molar-refractivity contribution in [3.63, 3.8) is 0 Å². The first-order valence-corrected chi connectivity index (χ1v) is 6.01. The average molecular weight is 272 g/mol. The molecule has 6 nitrogen and oxygen atoms in total. The number of carboxylic acid groups (broad SMARTS) is 2. The monoisotopic (exact) mass is 272 g/mol. The fourth-order valence-corrected chi connectivity index (χ4v) is 1.98. The zero-order valence-corrected chi connectivity index (χ0v) is 10.8. The minimum Gasteiger partial charge on any atom is -0.550 e. The first-order chi connectivity index (χ1) is 9.49. The SMILES string of the molecule is Cc1cc(-c2ccccc2)nn1C(CC(=O)[O-])C(=O)[O-]. The van der Waals surface area contributed by atoms with Gasteiger partial charge in [-0.05, 0) is 13.0 Å². The molecule has 104 valence electrons. The van der Waals surface area contributed by atoms with Crippen molar-refractivity contribution in [1.29, 1.82) is 0 Å². The van der Waals surface area contributed by atoms with Crippen molar-refractivity contribution in [3.05, 3.63) is 42.1 Å². The number of hydrogen-bond acceptors (Lipinski definition) is 5. The topological polar surface area (TPSA) is 98.1 Å². The Morgan fingerprint density at radius 2 is 1.90 bits per heavy atom. The molecule has 0 amide bonds. The second-order valence-corrected chi connectivity index (χ2v) is 4.39. The lowest BCUT2D eigenvalue weighted by molar-refractivity contribution is -0.319. The maximum Gasteiger partial charge on any atom is 0.0967 e. The van der Waals surface area contributed by atoms with Crippen LogP contribution in [0.5, 0.6) is 0 Å². The second kappa shape index (κ2) is 5.56. The van der Waals surface area contributed by atoms with Gasteiger partial charge in [-0.3, -0.25) is 4.68 Å². The number of aliphatic carboxylic acids is 2. The zero-order chi connectivity index (χ0) is 14.7. The third kappa shape index (κ3) is 2.85. The molecule has 0 saturated carbocycles.